The summed E-state index contributed by atoms with van der Waals surface area (Å²) < 4.78 is 8.27. The van der Waals surface area contributed by atoms with Gasteiger partial charge in [-0.25, -0.2) is 0 Å². The Hall–Kier alpha value is -0.300. The molecule has 0 heterocycles. The molecule has 0 amide bonds. The van der Waals surface area contributed by atoms with Gasteiger partial charge in [-0.15, -0.1) is 0 Å². The van der Waals surface area contributed by atoms with E-state index in [1.54, 1.807) is 0 Å². The third-order valence-corrected chi connectivity index (χ3v) is 3.77. The van der Waals surface area contributed by atoms with Crippen LogP contribution in [0.15, 0.2) is 12.2 Å². The molecule has 0 aromatic heterocycles. The van der Waals surface area contributed by atoms with Gasteiger partial charge in [-0.3, -0.25) is 0 Å². The van der Waals surface area contributed by atoms with Crippen molar-refractivity contribution >= 4 is 0 Å². The number of fused-ring (bicyclic) bond motifs is 5. The van der Waals surface area contributed by atoms with E-state index in [9.17, 15) is 5.11 Å². The summed E-state index contributed by atoms with van der Waals surface area (Å²) in [5.74, 6) is 0.303. The zero-order valence-electron chi connectivity index (χ0n) is 7.59. The molecule has 0 aromatic rings. The Bertz CT molecular complexity index is 263. The van der Waals surface area contributed by atoms with Crippen molar-refractivity contribution in [3.8, 4) is 0 Å². The van der Waals surface area contributed by atoms with Gasteiger partial charge in [0.05, 0.1) is 5.60 Å². The largest absolute Gasteiger partial charge is 0.385 e. The van der Waals surface area contributed by atoms with Gasteiger partial charge in [0, 0.05) is 1.37 Å². The minimum absolute atomic E-state index is 0.388. The summed E-state index contributed by atoms with van der Waals surface area (Å²) >= 11 is 0. The minimum Gasteiger partial charge on any atom is -0.385 e. The van der Waals surface area contributed by atoms with Crippen LogP contribution in [-0.2, 0) is 0 Å². The lowest BCUT2D eigenvalue weighted by atomic mass is 9.78. The molecule has 0 aromatic carbocycles. The number of allylic oxidation sites excluding steroid dienone is 1. The van der Waals surface area contributed by atoms with Crippen LogP contribution < -0.4 is 0 Å². The van der Waals surface area contributed by atoms with Crippen LogP contribution in [0.5, 0.6) is 0 Å². The molecule has 60 valence electrons. The van der Waals surface area contributed by atoms with Crippen LogP contribution in [0.25, 0.3) is 0 Å². The quantitative estimate of drug-likeness (QED) is 0.523. The molecule has 0 aliphatic heterocycles. The first-order valence-electron chi connectivity index (χ1n) is 5.07. The van der Waals surface area contributed by atoms with E-state index < -0.39 is 11.5 Å². The molecule has 4 atom stereocenters. The fourth-order valence-corrected chi connectivity index (χ4v) is 3.23. The molecule has 2 fully saturated rings. The summed E-state index contributed by atoms with van der Waals surface area (Å²) in [7, 11) is 0. The smallest absolute Gasteiger partial charge is 0.0889 e. The Morgan fingerprint density at radius 1 is 1.55 bits per heavy atom. The molecule has 2 saturated carbocycles. The summed E-state index contributed by atoms with van der Waals surface area (Å²) in [5.41, 5.74) is -0.754. The lowest BCUT2D eigenvalue weighted by Crippen LogP contribution is -2.38. The van der Waals surface area contributed by atoms with E-state index in [0.29, 0.717) is 11.8 Å². The molecule has 11 heavy (non-hydrogen) atoms. The average molecular weight is 151 g/mol. The molecule has 0 unspecified atom stereocenters. The van der Waals surface area contributed by atoms with Crippen molar-refractivity contribution in [1.29, 1.82) is 0 Å². The van der Waals surface area contributed by atoms with Crippen LogP contribution in [0.4, 0.5) is 0 Å². The monoisotopic (exact) mass is 151 g/mol. The highest BCUT2D eigenvalue weighted by atomic mass is 16.3. The molecular weight excluding hydrogens is 136 g/mol. The van der Waals surface area contributed by atoms with Crippen molar-refractivity contribution in [2.75, 3.05) is 0 Å². The zero-order valence-corrected chi connectivity index (χ0v) is 6.59. The SMILES string of the molecule is [2H][C@@]12CC=C[C@]1(O)[C@@H]1CC[C@H]2C1. The van der Waals surface area contributed by atoms with Gasteiger partial charge in [-0.05, 0) is 43.4 Å². The first kappa shape index (κ1) is 5.36. The van der Waals surface area contributed by atoms with Gasteiger partial charge in [0.15, 0.2) is 0 Å². The van der Waals surface area contributed by atoms with E-state index in [1.807, 2.05) is 12.2 Å². The van der Waals surface area contributed by atoms with Crippen molar-refractivity contribution in [2.45, 2.75) is 31.3 Å². The normalized spacial score (nSPS) is 66.8. The van der Waals surface area contributed by atoms with Gasteiger partial charge < -0.3 is 5.11 Å². The summed E-state index contributed by atoms with van der Waals surface area (Å²) in [5, 5.41) is 10.3. The highest BCUT2D eigenvalue weighted by Gasteiger charge is 2.56. The van der Waals surface area contributed by atoms with Crippen LogP contribution in [0.3, 0.4) is 0 Å². The van der Waals surface area contributed by atoms with Crippen LogP contribution in [0, 0.1) is 17.7 Å². The van der Waals surface area contributed by atoms with E-state index >= 15 is 0 Å². The Balaban J connectivity index is 2.12. The standard InChI is InChI=1S/C10H14O/c11-10-5-1-2-9(10)7-3-4-8(10)6-7/h1,5,7-9,11H,2-4,6H2/t7-,8+,9-,10-/m0/s1/i9D. The third-order valence-electron chi connectivity index (χ3n) is 3.77. The average Bonchev–Trinajstić information content (AvgIpc) is 2.61. The van der Waals surface area contributed by atoms with E-state index in [-0.39, 0.29) is 0 Å². The van der Waals surface area contributed by atoms with Crippen molar-refractivity contribution in [3.63, 3.8) is 0 Å². The van der Waals surface area contributed by atoms with Gasteiger partial charge >= 0.3 is 0 Å². The van der Waals surface area contributed by atoms with Crippen LogP contribution >= 0.6 is 0 Å². The van der Waals surface area contributed by atoms with Crippen LogP contribution in [0.1, 0.15) is 27.1 Å². The first-order chi connectivity index (χ1) is 5.67. The molecule has 2 bridgehead atoms. The van der Waals surface area contributed by atoms with E-state index in [0.717, 1.165) is 25.7 Å². The number of hydrogen-bond acceptors (Lipinski definition) is 1. The second-order valence-electron chi connectivity index (χ2n) is 4.16. The lowest BCUT2D eigenvalue weighted by Gasteiger charge is -2.33. The van der Waals surface area contributed by atoms with Crippen LogP contribution in [-0.4, -0.2) is 10.7 Å². The highest BCUT2D eigenvalue weighted by molar-refractivity contribution is 5.22. The zero-order chi connectivity index (χ0) is 8.40. The summed E-state index contributed by atoms with van der Waals surface area (Å²) in [6, 6.07) is 0. The minimum atomic E-state index is -0.754. The summed E-state index contributed by atoms with van der Waals surface area (Å²) in [6.45, 7) is 0. The summed E-state index contributed by atoms with van der Waals surface area (Å²) in [4.78, 5) is 0. The molecule has 3 rings (SSSR count). The maximum absolute atomic E-state index is 10.3. The van der Waals surface area contributed by atoms with Crippen LogP contribution in [0.2, 0.25) is 0 Å². The molecule has 1 heteroatoms. The second-order valence-corrected chi connectivity index (χ2v) is 4.16. The molecule has 1 N–H and O–H groups in total. The Labute approximate surface area is 68.5 Å². The Kier molecular flexibility index (Phi) is 0.836. The molecule has 0 spiro atoms. The van der Waals surface area contributed by atoms with Crippen molar-refractivity contribution in [2.24, 2.45) is 17.7 Å². The second kappa shape index (κ2) is 1.71. The maximum Gasteiger partial charge on any atom is 0.0889 e. The highest BCUT2D eigenvalue weighted by Crippen LogP contribution is 2.58. The van der Waals surface area contributed by atoms with Crippen molar-refractivity contribution in [1.82, 2.24) is 0 Å². The van der Waals surface area contributed by atoms with Crippen molar-refractivity contribution in [3.05, 3.63) is 12.2 Å². The predicted molar refractivity (Wildman–Crippen MR) is 43.0 cm³/mol. The number of rotatable bonds is 0. The van der Waals surface area contributed by atoms with Gasteiger partial charge in [0.25, 0.3) is 0 Å². The van der Waals surface area contributed by atoms with E-state index in [4.69, 9.17) is 1.37 Å². The Morgan fingerprint density at radius 2 is 2.45 bits per heavy atom. The molecule has 1 nitrogen and oxygen atoms in total. The maximum atomic E-state index is 10.3. The van der Waals surface area contributed by atoms with Gasteiger partial charge in [0.2, 0.25) is 0 Å². The lowest BCUT2D eigenvalue weighted by molar-refractivity contribution is -0.00564. The van der Waals surface area contributed by atoms with E-state index in [1.165, 1.54) is 0 Å². The molecule has 3 aliphatic rings. The van der Waals surface area contributed by atoms with E-state index in [2.05, 4.69) is 0 Å². The first-order valence-corrected chi connectivity index (χ1v) is 4.57. The van der Waals surface area contributed by atoms with Gasteiger partial charge in [0.1, 0.15) is 0 Å². The fourth-order valence-electron chi connectivity index (χ4n) is 3.23. The fraction of sp³-hybridized carbons (Fsp3) is 0.800. The summed E-state index contributed by atoms with van der Waals surface area (Å²) in [6.07, 6.45) is 8.04. The molecule has 0 radical (unpaired) electrons. The Morgan fingerprint density at radius 3 is 3.27 bits per heavy atom. The molecule has 3 aliphatic carbocycles. The van der Waals surface area contributed by atoms with Gasteiger partial charge in [-0.2, -0.15) is 0 Å². The predicted octanol–water partition coefficient (Wildman–Crippen LogP) is 1.72. The topological polar surface area (TPSA) is 20.2 Å². The van der Waals surface area contributed by atoms with Gasteiger partial charge in [-0.1, -0.05) is 12.2 Å². The number of aliphatic hydroxyl groups is 1. The molecular formula is C10H14O. The molecule has 0 saturated heterocycles. The van der Waals surface area contributed by atoms with Crippen molar-refractivity contribution < 1.29 is 6.48 Å². The third kappa shape index (κ3) is 0.572. The number of hydrogen-bond donors (Lipinski definition) is 1.